The van der Waals surface area contributed by atoms with Crippen molar-refractivity contribution in [3.63, 3.8) is 0 Å². The Morgan fingerprint density at radius 1 is 1.54 bits per heavy atom. The lowest BCUT2D eigenvalue weighted by Gasteiger charge is -2.28. The third-order valence-electron chi connectivity index (χ3n) is 2.60. The van der Waals surface area contributed by atoms with Gasteiger partial charge in [-0.15, -0.1) is 0 Å². The van der Waals surface area contributed by atoms with Gasteiger partial charge in [0.15, 0.2) is 5.60 Å². The lowest BCUT2D eigenvalue weighted by Crippen LogP contribution is -2.29. The van der Waals surface area contributed by atoms with Gasteiger partial charge in [0.05, 0.1) is 6.61 Å². The predicted octanol–water partition coefficient (Wildman–Crippen LogP) is 1.78. The molecule has 0 amide bonds. The Balaban J connectivity index is 2.14. The summed E-state index contributed by atoms with van der Waals surface area (Å²) in [7, 11) is 0. The molecule has 1 fully saturated rings. The van der Waals surface area contributed by atoms with Gasteiger partial charge in [-0.1, -0.05) is 0 Å². The monoisotopic (exact) mass is 182 g/mol. The molecule has 0 saturated carbocycles. The molecule has 1 unspecified atom stereocenters. The summed E-state index contributed by atoms with van der Waals surface area (Å²) >= 11 is 0. The number of carbonyl (C=O) groups excluding carboxylic acids is 1. The molecule has 1 atom stereocenters. The summed E-state index contributed by atoms with van der Waals surface area (Å²) in [6.45, 7) is 2.67. The van der Waals surface area contributed by atoms with Crippen LogP contribution >= 0.6 is 0 Å². The first-order chi connectivity index (χ1) is 6.21. The fourth-order valence-electron chi connectivity index (χ4n) is 1.79. The molecule has 0 N–H and O–H groups in total. The number of hydrogen-bond donors (Lipinski definition) is 0. The third-order valence-corrected chi connectivity index (χ3v) is 2.60. The van der Waals surface area contributed by atoms with Gasteiger partial charge < -0.3 is 9.47 Å². The van der Waals surface area contributed by atoms with Gasteiger partial charge in [0.2, 0.25) is 0 Å². The van der Waals surface area contributed by atoms with Crippen molar-refractivity contribution in [3.8, 4) is 0 Å². The molecule has 3 nitrogen and oxygen atoms in total. The Hall–Kier alpha value is -0.990. The molecule has 0 aromatic heterocycles. The molecule has 2 rings (SSSR count). The number of hydrogen-bond acceptors (Lipinski definition) is 3. The number of allylic oxidation sites excluding steroid dienone is 1. The van der Waals surface area contributed by atoms with E-state index in [-0.39, 0.29) is 5.97 Å². The maximum atomic E-state index is 11.0. The van der Waals surface area contributed by atoms with Crippen LogP contribution in [0.3, 0.4) is 0 Å². The summed E-state index contributed by atoms with van der Waals surface area (Å²) in [6, 6.07) is 0. The van der Waals surface area contributed by atoms with Gasteiger partial charge in [0, 0.05) is 12.8 Å². The van der Waals surface area contributed by atoms with E-state index in [4.69, 9.17) is 9.47 Å². The minimum Gasteiger partial charge on any atom is -0.494 e. The van der Waals surface area contributed by atoms with Crippen molar-refractivity contribution >= 4 is 5.97 Å². The Morgan fingerprint density at radius 3 is 2.92 bits per heavy atom. The Labute approximate surface area is 77.7 Å². The highest BCUT2D eigenvalue weighted by Crippen LogP contribution is 2.35. The number of cyclic esters (lactones) is 1. The van der Waals surface area contributed by atoms with Gasteiger partial charge in [-0.05, 0) is 25.8 Å². The molecular weight excluding hydrogens is 168 g/mol. The summed E-state index contributed by atoms with van der Waals surface area (Å²) in [4.78, 5) is 11.0. The van der Waals surface area contributed by atoms with E-state index in [0.29, 0.717) is 6.42 Å². The van der Waals surface area contributed by atoms with Crippen LogP contribution in [-0.4, -0.2) is 18.2 Å². The van der Waals surface area contributed by atoms with Gasteiger partial charge in [0.25, 0.3) is 0 Å². The largest absolute Gasteiger partial charge is 0.494 e. The molecule has 3 heteroatoms. The molecule has 0 aromatic carbocycles. The first-order valence-corrected chi connectivity index (χ1v) is 4.76. The zero-order valence-electron chi connectivity index (χ0n) is 7.84. The molecule has 0 aliphatic carbocycles. The van der Waals surface area contributed by atoms with Crippen molar-refractivity contribution in [1.29, 1.82) is 0 Å². The first-order valence-electron chi connectivity index (χ1n) is 4.76. The van der Waals surface area contributed by atoms with Crippen molar-refractivity contribution < 1.29 is 14.3 Å². The molecule has 2 aliphatic heterocycles. The summed E-state index contributed by atoms with van der Waals surface area (Å²) in [5.74, 6) is 0.738. The van der Waals surface area contributed by atoms with Crippen LogP contribution in [-0.2, 0) is 14.3 Å². The van der Waals surface area contributed by atoms with E-state index in [1.165, 1.54) is 0 Å². The van der Waals surface area contributed by atoms with E-state index >= 15 is 0 Å². The second-order valence-corrected chi connectivity index (χ2v) is 3.76. The maximum Gasteiger partial charge on any atom is 0.306 e. The standard InChI is InChI=1S/C10H14O3/c1-10(6-5-9(11)13-10)8-4-2-3-7-12-8/h4H,2-3,5-7H2,1H3. The molecule has 13 heavy (non-hydrogen) atoms. The van der Waals surface area contributed by atoms with E-state index in [0.717, 1.165) is 31.6 Å². The van der Waals surface area contributed by atoms with Crippen LogP contribution in [0.5, 0.6) is 0 Å². The van der Waals surface area contributed by atoms with Crippen molar-refractivity contribution in [2.75, 3.05) is 6.61 Å². The average Bonchev–Trinajstić information content (AvgIpc) is 2.49. The quantitative estimate of drug-likeness (QED) is 0.580. The molecule has 0 spiro atoms. The smallest absolute Gasteiger partial charge is 0.306 e. The maximum absolute atomic E-state index is 11.0. The van der Waals surface area contributed by atoms with E-state index in [1.807, 2.05) is 13.0 Å². The van der Waals surface area contributed by atoms with Gasteiger partial charge in [-0.3, -0.25) is 4.79 Å². The van der Waals surface area contributed by atoms with E-state index in [9.17, 15) is 4.79 Å². The minimum atomic E-state index is -0.475. The van der Waals surface area contributed by atoms with Crippen LogP contribution in [0.2, 0.25) is 0 Å². The van der Waals surface area contributed by atoms with Gasteiger partial charge in [-0.25, -0.2) is 0 Å². The Bertz CT molecular complexity index is 257. The fourth-order valence-corrected chi connectivity index (χ4v) is 1.79. The molecule has 0 aromatic rings. The summed E-state index contributed by atoms with van der Waals surface area (Å²) < 4.78 is 10.8. The first kappa shape index (κ1) is 8.60. The van der Waals surface area contributed by atoms with Crippen LogP contribution in [0.4, 0.5) is 0 Å². The third kappa shape index (κ3) is 1.55. The number of esters is 1. The minimum absolute atomic E-state index is 0.113. The van der Waals surface area contributed by atoms with Gasteiger partial charge in [0.1, 0.15) is 5.76 Å². The van der Waals surface area contributed by atoms with Gasteiger partial charge in [-0.2, -0.15) is 0 Å². The highest BCUT2D eigenvalue weighted by Gasteiger charge is 2.41. The second kappa shape index (κ2) is 3.05. The molecule has 2 aliphatic rings. The molecule has 2 heterocycles. The normalized spacial score (nSPS) is 33.6. The zero-order valence-corrected chi connectivity index (χ0v) is 7.84. The lowest BCUT2D eigenvalue weighted by molar-refractivity contribution is -0.147. The lowest BCUT2D eigenvalue weighted by atomic mass is 9.98. The van der Waals surface area contributed by atoms with E-state index in [2.05, 4.69) is 0 Å². The van der Waals surface area contributed by atoms with Gasteiger partial charge >= 0.3 is 5.97 Å². The molecule has 1 saturated heterocycles. The molecule has 0 radical (unpaired) electrons. The summed E-state index contributed by atoms with van der Waals surface area (Å²) in [5.41, 5.74) is -0.475. The topological polar surface area (TPSA) is 35.5 Å². The molecule has 0 bridgehead atoms. The van der Waals surface area contributed by atoms with Crippen LogP contribution in [0.1, 0.15) is 32.6 Å². The summed E-state index contributed by atoms with van der Waals surface area (Å²) in [5, 5.41) is 0. The van der Waals surface area contributed by atoms with Crippen molar-refractivity contribution in [2.45, 2.75) is 38.2 Å². The fraction of sp³-hybridized carbons (Fsp3) is 0.700. The molecular formula is C10H14O3. The zero-order chi connectivity index (χ0) is 9.31. The van der Waals surface area contributed by atoms with Crippen molar-refractivity contribution in [3.05, 3.63) is 11.8 Å². The molecule has 72 valence electrons. The SMILES string of the molecule is CC1(C2=CCCCO2)CCC(=O)O1. The Morgan fingerprint density at radius 2 is 2.38 bits per heavy atom. The summed E-state index contributed by atoms with van der Waals surface area (Å²) in [6.07, 6.45) is 5.40. The van der Waals surface area contributed by atoms with Crippen molar-refractivity contribution in [2.24, 2.45) is 0 Å². The predicted molar refractivity (Wildman–Crippen MR) is 47.0 cm³/mol. The Kier molecular flexibility index (Phi) is 2.02. The van der Waals surface area contributed by atoms with Crippen LogP contribution in [0, 0.1) is 0 Å². The van der Waals surface area contributed by atoms with E-state index in [1.54, 1.807) is 0 Å². The number of carbonyl (C=O) groups is 1. The number of ether oxygens (including phenoxy) is 2. The highest BCUT2D eigenvalue weighted by molar-refractivity contribution is 5.72. The second-order valence-electron chi connectivity index (χ2n) is 3.76. The van der Waals surface area contributed by atoms with Crippen LogP contribution < -0.4 is 0 Å². The van der Waals surface area contributed by atoms with Crippen molar-refractivity contribution in [1.82, 2.24) is 0 Å². The van der Waals surface area contributed by atoms with Crippen LogP contribution in [0.15, 0.2) is 11.8 Å². The van der Waals surface area contributed by atoms with Crippen LogP contribution in [0.25, 0.3) is 0 Å². The number of rotatable bonds is 1. The highest BCUT2D eigenvalue weighted by atomic mass is 16.6. The van der Waals surface area contributed by atoms with E-state index < -0.39 is 5.60 Å². The average molecular weight is 182 g/mol.